The van der Waals surface area contributed by atoms with Crippen molar-refractivity contribution in [1.29, 1.82) is 0 Å². The van der Waals surface area contributed by atoms with Crippen molar-refractivity contribution in [3.63, 3.8) is 0 Å². The van der Waals surface area contributed by atoms with E-state index in [-0.39, 0.29) is 29.1 Å². The van der Waals surface area contributed by atoms with E-state index in [0.717, 1.165) is 9.80 Å². The molecule has 9 nitrogen and oxygen atoms in total. The number of rotatable bonds is 3. The third kappa shape index (κ3) is 3.64. The molecule has 0 aliphatic carbocycles. The molecule has 3 N–H and O–H groups in total. The van der Waals surface area contributed by atoms with Crippen LogP contribution in [0.2, 0.25) is 0 Å². The first kappa shape index (κ1) is 23.7. The third-order valence-electron chi connectivity index (χ3n) is 6.48. The summed E-state index contributed by atoms with van der Waals surface area (Å²) < 4.78 is 0. The fraction of sp³-hybridized carbons (Fsp3) is 0.565. The molecular weight excluding hydrogens is 414 g/mol. The van der Waals surface area contributed by atoms with Crippen molar-refractivity contribution < 1.29 is 29.4 Å². The van der Waals surface area contributed by atoms with Crippen LogP contribution in [0.15, 0.2) is 24.3 Å². The summed E-state index contributed by atoms with van der Waals surface area (Å²) in [6, 6.07) is 5.04. The van der Waals surface area contributed by atoms with E-state index in [2.05, 4.69) is 5.32 Å². The number of carbonyl (C=O) groups is 4. The van der Waals surface area contributed by atoms with Crippen molar-refractivity contribution in [2.45, 2.75) is 59.2 Å². The molecule has 0 bridgehead atoms. The minimum absolute atomic E-state index is 0.0963. The first-order chi connectivity index (χ1) is 14.6. The summed E-state index contributed by atoms with van der Waals surface area (Å²) >= 11 is 0. The number of fused-ring (bicyclic) bond motifs is 1. The highest BCUT2D eigenvalue weighted by molar-refractivity contribution is 6.21. The van der Waals surface area contributed by atoms with E-state index < -0.39 is 47.4 Å². The largest absolute Gasteiger partial charge is 0.479 e. The molecule has 0 saturated carbocycles. The Morgan fingerprint density at radius 1 is 1.00 bits per heavy atom. The van der Waals surface area contributed by atoms with Gasteiger partial charge in [0.25, 0.3) is 11.8 Å². The van der Waals surface area contributed by atoms with Gasteiger partial charge in [0.15, 0.2) is 5.54 Å². The van der Waals surface area contributed by atoms with E-state index >= 15 is 0 Å². The first-order valence-corrected chi connectivity index (χ1v) is 10.6. The summed E-state index contributed by atoms with van der Waals surface area (Å²) in [7, 11) is 0. The second-order valence-corrected chi connectivity index (χ2v) is 10.7. The lowest BCUT2D eigenvalue weighted by atomic mass is 9.68. The summed E-state index contributed by atoms with van der Waals surface area (Å²) in [5.41, 5.74) is -2.78. The maximum atomic E-state index is 13.0. The molecule has 3 amide bonds. The topological polar surface area (TPSA) is 127 Å². The van der Waals surface area contributed by atoms with Crippen LogP contribution in [-0.4, -0.2) is 74.6 Å². The predicted molar refractivity (Wildman–Crippen MR) is 117 cm³/mol. The summed E-state index contributed by atoms with van der Waals surface area (Å²) in [5, 5.41) is 24.0. The molecule has 0 spiro atoms. The smallest absolute Gasteiger partial charge is 0.408 e. The highest BCUT2D eigenvalue weighted by Crippen LogP contribution is 2.41. The average Bonchev–Trinajstić information content (AvgIpc) is 2.91. The molecule has 2 heterocycles. The van der Waals surface area contributed by atoms with E-state index in [1.165, 1.54) is 12.1 Å². The molecule has 3 unspecified atom stereocenters. The van der Waals surface area contributed by atoms with Crippen molar-refractivity contribution in [2.75, 3.05) is 13.1 Å². The van der Waals surface area contributed by atoms with Crippen molar-refractivity contribution in [1.82, 2.24) is 15.1 Å². The van der Waals surface area contributed by atoms with Gasteiger partial charge in [-0.2, -0.15) is 0 Å². The number of hydrogen-bond acceptors (Lipinski definition) is 5. The Hall–Kier alpha value is -2.94. The molecule has 3 atom stereocenters. The molecule has 1 aromatic carbocycles. The van der Waals surface area contributed by atoms with Gasteiger partial charge in [-0.3, -0.25) is 19.4 Å². The van der Waals surface area contributed by atoms with Gasteiger partial charge in [-0.25, -0.2) is 9.59 Å². The van der Waals surface area contributed by atoms with Gasteiger partial charge in [-0.05, 0) is 23.0 Å². The molecule has 0 aromatic heterocycles. The normalized spacial score (nSPS) is 26.3. The Bertz CT molecular complexity index is 942. The second-order valence-electron chi connectivity index (χ2n) is 10.7. The van der Waals surface area contributed by atoms with E-state index in [1.807, 2.05) is 41.5 Å². The number of nitrogens with one attached hydrogen (secondary N) is 1. The summed E-state index contributed by atoms with van der Waals surface area (Å²) in [5.74, 6) is -2.65. The number of carboxylic acids is 1. The van der Waals surface area contributed by atoms with Gasteiger partial charge < -0.3 is 15.5 Å². The van der Waals surface area contributed by atoms with Gasteiger partial charge in [0.05, 0.1) is 17.7 Å². The van der Waals surface area contributed by atoms with E-state index in [9.17, 15) is 29.4 Å². The molecule has 1 aromatic rings. The number of amides is 3. The van der Waals surface area contributed by atoms with Gasteiger partial charge in [0.1, 0.15) is 0 Å². The number of imide groups is 1. The summed E-state index contributed by atoms with van der Waals surface area (Å²) in [6.45, 7) is 10.6. The van der Waals surface area contributed by atoms with E-state index in [0.29, 0.717) is 0 Å². The predicted octanol–water partition coefficient (Wildman–Crippen LogP) is 2.52. The molecule has 174 valence electrons. The van der Waals surface area contributed by atoms with Crippen LogP contribution < -0.4 is 5.32 Å². The molecular formula is C23H31N3O6. The van der Waals surface area contributed by atoms with Gasteiger partial charge in [0.2, 0.25) is 0 Å². The second kappa shape index (κ2) is 7.58. The highest BCUT2D eigenvalue weighted by atomic mass is 16.4. The lowest BCUT2D eigenvalue weighted by molar-refractivity contribution is -0.161. The Morgan fingerprint density at radius 2 is 1.50 bits per heavy atom. The maximum absolute atomic E-state index is 13.0. The Morgan fingerprint density at radius 3 is 1.88 bits per heavy atom. The van der Waals surface area contributed by atoms with Crippen molar-refractivity contribution in [3.05, 3.63) is 35.4 Å². The molecule has 3 rings (SSSR count). The van der Waals surface area contributed by atoms with Crippen molar-refractivity contribution >= 4 is 23.9 Å². The highest BCUT2D eigenvalue weighted by Gasteiger charge is 2.62. The third-order valence-corrected chi connectivity index (χ3v) is 6.48. The minimum Gasteiger partial charge on any atom is -0.479 e. The number of carbonyl (C=O) groups excluding carboxylic acids is 2. The fourth-order valence-corrected chi connectivity index (χ4v) is 4.74. The maximum Gasteiger partial charge on any atom is 0.408 e. The molecule has 9 heteroatoms. The molecule has 1 fully saturated rings. The molecule has 0 radical (unpaired) electrons. The fourth-order valence-electron chi connectivity index (χ4n) is 4.74. The zero-order chi connectivity index (χ0) is 24.2. The number of hydrogen-bond donors (Lipinski definition) is 3. The standard InChI is InChI=1S/C23H31N3O6/c1-21(2,3)15-11-26(20(31)32)23(19(29)30,18(24-15)22(4,5)6)12-25-16(27)13-9-7-8-10-14(13)17(25)28/h7-10,15,18,24H,11-12H2,1-6H3,(H,29,30)(H,31,32). The monoisotopic (exact) mass is 445 g/mol. The average molecular weight is 446 g/mol. The van der Waals surface area contributed by atoms with E-state index in [4.69, 9.17) is 0 Å². The van der Waals surface area contributed by atoms with Gasteiger partial charge >= 0.3 is 12.1 Å². The zero-order valence-electron chi connectivity index (χ0n) is 19.3. The minimum atomic E-state index is -2.07. The van der Waals surface area contributed by atoms with Crippen LogP contribution in [0.25, 0.3) is 0 Å². The molecule has 32 heavy (non-hydrogen) atoms. The van der Waals surface area contributed by atoms with Crippen molar-refractivity contribution in [3.8, 4) is 0 Å². The number of nitrogens with zero attached hydrogens (tertiary/aromatic N) is 2. The Kier molecular flexibility index (Phi) is 5.62. The lowest BCUT2D eigenvalue weighted by Gasteiger charge is -2.57. The Labute approximate surface area is 187 Å². The molecule has 2 aliphatic rings. The quantitative estimate of drug-likeness (QED) is 0.610. The SMILES string of the molecule is CC(C)(C)C1CN(C(=O)O)C(CN2C(=O)c3ccccc3C2=O)(C(=O)O)C(C(C)(C)C)N1. The van der Waals surface area contributed by atoms with Crippen LogP contribution in [0, 0.1) is 10.8 Å². The summed E-state index contributed by atoms with van der Waals surface area (Å²) in [6.07, 6.45) is -1.41. The lowest BCUT2D eigenvalue weighted by Crippen LogP contribution is -2.81. The van der Waals surface area contributed by atoms with Crippen LogP contribution in [-0.2, 0) is 4.79 Å². The first-order valence-electron chi connectivity index (χ1n) is 10.6. The Balaban J connectivity index is 2.16. The van der Waals surface area contributed by atoms with Crippen LogP contribution in [0.1, 0.15) is 62.3 Å². The van der Waals surface area contributed by atoms with Gasteiger partial charge in [0, 0.05) is 18.6 Å². The summed E-state index contributed by atoms with van der Waals surface area (Å²) in [4.78, 5) is 53.1. The van der Waals surface area contributed by atoms with Gasteiger partial charge in [-0.15, -0.1) is 0 Å². The number of aliphatic carboxylic acids is 1. The van der Waals surface area contributed by atoms with Crippen LogP contribution in [0.5, 0.6) is 0 Å². The number of piperazine rings is 1. The van der Waals surface area contributed by atoms with Crippen LogP contribution in [0.4, 0.5) is 4.79 Å². The van der Waals surface area contributed by atoms with Gasteiger partial charge in [-0.1, -0.05) is 53.7 Å². The number of carboxylic acid groups (broad SMARTS) is 2. The zero-order valence-corrected chi connectivity index (χ0v) is 19.3. The van der Waals surface area contributed by atoms with Crippen molar-refractivity contribution in [2.24, 2.45) is 10.8 Å². The molecule has 1 saturated heterocycles. The number of benzene rings is 1. The van der Waals surface area contributed by atoms with Crippen LogP contribution in [0.3, 0.4) is 0 Å². The molecule has 2 aliphatic heterocycles. The van der Waals surface area contributed by atoms with Crippen LogP contribution >= 0.6 is 0 Å². The van der Waals surface area contributed by atoms with E-state index in [1.54, 1.807) is 12.1 Å².